The van der Waals surface area contributed by atoms with E-state index in [9.17, 15) is 4.79 Å². The summed E-state index contributed by atoms with van der Waals surface area (Å²) in [5, 5.41) is 6.00. The molecule has 0 radical (unpaired) electrons. The molecule has 1 amide bonds. The average Bonchev–Trinajstić information content (AvgIpc) is 3.06. The number of hydrogen-bond acceptors (Lipinski definition) is 5. The molecule has 0 unspecified atom stereocenters. The molecule has 1 fully saturated rings. The minimum atomic E-state index is 0. The van der Waals surface area contributed by atoms with Crippen LogP contribution in [0.1, 0.15) is 38.3 Å². The van der Waals surface area contributed by atoms with Crippen LogP contribution in [0.4, 0.5) is 0 Å². The van der Waals surface area contributed by atoms with Crippen molar-refractivity contribution in [2.45, 2.75) is 51.1 Å². The van der Waals surface area contributed by atoms with Crippen molar-refractivity contribution in [1.82, 2.24) is 10.3 Å². The van der Waals surface area contributed by atoms with Crippen molar-refractivity contribution in [1.29, 1.82) is 0 Å². The van der Waals surface area contributed by atoms with Gasteiger partial charge in [-0.25, -0.2) is 4.98 Å². The number of carbonyl (C=O) groups is 1. The zero-order valence-corrected chi connectivity index (χ0v) is 17.8. The first-order chi connectivity index (χ1) is 12.1. The van der Waals surface area contributed by atoms with Gasteiger partial charge in [-0.15, -0.1) is 36.2 Å². The minimum absolute atomic E-state index is 0. The number of nitrogens with two attached hydrogens (primary N) is 1. The summed E-state index contributed by atoms with van der Waals surface area (Å²) in [6.45, 7) is 2.62. The van der Waals surface area contributed by atoms with E-state index in [1.807, 2.05) is 36.6 Å². The first-order valence-electron chi connectivity index (χ1n) is 8.86. The molecule has 150 valence electrons. The molecule has 27 heavy (non-hydrogen) atoms. The Bertz CT molecular complexity index is 701. The van der Waals surface area contributed by atoms with E-state index in [0.29, 0.717) is 19.1 Å². The van der Waals surface area contributed by atoms with Gasteiger partial charge in [-0.2, -0.15) is 0 Å². The summed E-state index contributed by atoms with van der Waals surface area (Å²) in [6.07, 6.45) is 4.26. The van der Waals surface area contributed by atoms with E-state index in [0.717, 1.165) is 47.7 Å². The van der Waals surface area contributed by atoms with Crippen LogP contribution in [0.2, 0.25) is 0 Å². The summed E-state index contributed by atoms with van der Waals surface area (Å²) < 4.78 is 5.46. The number of halogens is 2. The molecule has 1 heterocycles. The molecule has 8 heteroatoms. The lowest BCUT2D eigenvalue weighted by atomic mass is 9.92. The maximum Gasteiger partial charge on any atom is 0.226 e. The number of ether oxygens (including phenoxy) is 1. The molecule has 0 atom stereocenters. The highest BCUT2D eigenvalue weighted by molar-refractivity contribution is 7.13. The first-order valence-corrected chi connectivity index (χ1v) is 9.74. The maximum absolute atomic E-state index is 12.2. The van der Waals surface area contributed by atoms with Gasteiger partial charge >= 0.3 is 0 Å². The van der Waals surface area contributed by atoms with Crippen LogP contribution in [0, 0.1) is 0 Å². The molecule has 1 aliphatic rings. The number of thiazole rings is 1. The summed E-state index contributed by atoms with van der Waals surface area (Å²) in [6, 6.07) is 8.44. The smallest absolute Gasteiger partial charge is 0.226 e. The molecule has 1 aromatic heterocycles. The third-order valence-corrected chi connectivity index (χ3v) is 5.38. The number of aromatic nitrogens is 1. The van der Waals surface area contributed by atoms with Crippen LogP contribution in [0.25, 0.3) is 10.6 Å². The van der Waals surface area contributed by atoms with Gasteiger partial charge in [0.05, 0.1) is 18.7 Å². The van der Waals surface area contributed by atoms with Crippen molar-refractivity contribution < 1.29 is 9.53 Å². The number of amides is 1. The first kappa shape index (κ1) is 23.7. The fourth-order valence-corrected chi connectivity index (χ4v) is 3.91. The largest absolute Gasteiger partial charge is 0.494 e. The van der Waals surface area contributed by atoms with Gasteiger partial charge in [-0.3, -0.25) is 4.79 Å². The van der Waals surface area contributed by atoms with Gasteiger partial charge in [0, 0.05) is 23.0 Å². The third kappa shape index (κ3) is 6.96. The Morgan fingerprint density at radius 1 is 1.22 bits per heavy atom. The highest BCUT2D eigenvalue weighted by Crippen LogP contribution is 2.26. The lowest BCUT2D eigenvalue weighted by molar-refractivity contribution is -0.121. The minimum Gasteiger partial charge on any atom is -0.494 e. The second-order valence-electron chi connectivity index (χ2n) is 6.46. The van der Waals surface area contributed by atoms with Gasteiger partial charge in [-0.05, 0) is 56.9 Å². The predicted molar refractivity (Wildman–Crippen MR) is 115 cm³/mol. The highest BCUT2D eigenvalue weighted by Gasteiger charge is 2.20. The monoisotopic (exact) mass is 431 g/mol. The van der Waals surface area contributed by atoms with Gasteiger partial charge in [-0.1, -0.05) is 0 Å². The summed E-state index contributed by atoms with van der Waals surface area (Å²) >= 11 is 1.56. The SMILES string of the molecule is CCOc1ccc(-c2nc(CC(=O)NC3CCC(N)CC3)cs2)cc1.Cl.Cl. The van der Waals surface area contributed by atoms with E-state index in [1.165, 1.54) is 0 Å². The third-order valence-electron chi connectivity index (χ3n) is 4.44. The van der Waals surface area contributed by atoms with E-state index in [1.54, 1.807) is 11.3 Å². The second-order valence-corrected chi connectivity index (χ2v) is 7.32. The van der Waals surface area contributed by atoms with Crippen LogP contribution in [0.3, 0.4) is 0 Å². The number of rotatable bonds is 6. The summed E-state index contributed by atoms with van der Waals surface area (Å²) in [5.41, 5.74) is 7.77. The Hall–Kier alpha value is -1.34. The van der Waals surface area contributed by atoms with Crippen LogP contribution in [0.15, 0.2) is 29.6 Å². The molecule has 5 nitrogen and oxygen atoms in total. The van der Waals surface area contributed by atoms with E-state index in [-0.39, 0.29) is 36.8 Å². The number of hydrogen-bond donors (Lipinski definition) is 2. The highest BCUT2D eigenvalue weighted by atomic mass is 35.5. The van der Waals surface area contributed by atoms with E-state index >= 15 is 0 Å². The Labute approximate surface area is 176 Å². The fraction of sp³-hybridized carbons (Fsp3) is 0.474. The van der Waals surface area contributed by atoms with E-state index in [4.69, 9.17) is 10.5 Å². The molecule has 3 rings (SSSR count). The Balaban J connectivity index is 0.00000182. The normalized spacial score (nSPS) is 18.7. The van der Waals surface area contributed by atoms with E-state index < -0.39 is 0 Å². The standard InChI is InChI=1S/C19H25N3O2S.2ClH/c1-2-24-17-9-3-13(4-10-17)19-22-16(12-25-19)11-18(23)21-15-7-5-14(20)6-8-15;;/h3-4,9-10,12,14-15H,2,5-8,11,20H2,1H3,(H,21,23);2*1H. The van der Waals surface area contributed by atoms with Crippen molar-refractivity contribution in [2.24, 2.45) is 5.73 Å². The molecule has 1 aliphatic carbocycles. The van der Waals surface area contributed by atoms with E-state index in [2.05, 4.69) is 10.3 Å². The molecule has 0 spiro atoms. The molecule has 0 bridgehead atoms. The molecule has 0 aliphatic heterocycles. The summed E-state index contributed by atoms with van der Waals surface area (Å²) in [5.74, 6) is 0.902. The van der Waals surface area contributed by atoms with Gasteiger partial charge < -0.3 is 15.8 Å². The Morgan fingerprint density at radius 2 is 1.89 bits per heavy atom. The van der Waals surface area contributed by atoms with Crippen molar-refractivity contribution in [3.8, 4) is 16.3 Å². The lowest BCUT2D eigenvalue weighted by Gasteiger charge is -2.26. The Morgan fingerprint density at radius 3 is 2.52 bits per heavy atom. The Kier molecular flexibility index (Phi) is 10.1. The molecule has 2 aromatic rings. The van der Waals surface area contributed by atoms with Gasteiger partial charge in [0.1, 0.15) is 10.8 Å². The molecular formula is C19H27Cl2N3O2S. The zero-order chi connectivity index (χ0) is 17.6. The molecule has 1 aromatic carbocycles. The predicted octanol–water partition coefficient (Wildman–Crippen LogP) is 3.98. The number of nitrogens with one attached hydrogen (secondary N) is 1. The zero-order valence-electron chi connectivity index (χ0n) is 15.3. The van der Waals surface area contributed by atoms with Crippen LogP contribution in [0.5, 0.6) is 5.75 Å². The van der Waals surface area contributed by atoms with Crippen LogP contribution < -0.4 is 15.8 Å². The summed E-state index contributed by atoms with van der Waals surface area (Å²) in [7, 11) is 0. The van der Waals surface area contributed by atoms with Gasteiger partial charge in [0.2, 0.25) is 5.91 Å². The van der Waals surface area contributed by atoms with Gasteiger partial charge in [0.25, 0.3) is 0 Å². The van der Waals surface area contributed by atoms with Crippen molar-refractivity contribution in [3.05, 3.63) is 35.3 Å². The second kappa shape index (κ2) is 11.5. The molecular weight excluding hydrogens is 405 g/mol. The number of carbonyl (C=O) groups excluding carboxylic acids is 1. The van der Waals surface area contributed by atoms with Gasteiger partial charge in [0.15, 0.2) is 0 Å². The lowest BCUT2D eigenvalue weighted by Crippen LogP contribution is -2.41. The number of benzene rings is 1. The quantitative estimate of drug-likeness (QED) is 0.724. The van der Waals surface area contributed by atoms with Crippen molar-refractivity contribution in [2.75, 3.05) is 6.61 Å². The molecule has 3 N–H and O–H groups in total. The van der Waals surface area contributed by atoms with Crippen LogP contribution in [-0.2, 0) is 11.2 Å². The van der Waals surface area contributed by atoms with Crippen molar-refractivity contribution in [3.63, 3.8) is 0 Å². The number of nitrogens with zero attached hydrogens (tertiary/aromatic N) is 1. The molecule has 0 saturated heterocycles. The van der Waals surface area contributed by atoms with Crippen LogP contribution >= 0.6 is 36.2 Å². The topological polar surface area (TPSA) is 77.2 Å². The summed E-state index contributed by atoms with van der Waals surface area (Å²) in [4.78, 5) is 16.8. The molecule has 1 saturated carbocycles. The van der Waals surface area contributed by atoms with Crippen molar-refractivity contribution >= 4 is 42.1 Å². The fourth-order valence-electron chi connectivity index (χ4n) is 3.09. The average molecular weight is 432 g/mol. The maximum atomic E-state index is 12.2. The van der Waals surface area contributed by atoms with Crippen LogP contribution in [-0.4, -0.2) is 29.6 Å².